The van der Waals surface area contributed by atoms with Crippen molar-refractivity contribution in [2.45, 2.75) is 36.4 Å². The van der Waals surface area contributed by atoms with E-state index in [4.69, 9.17) is 4.74 Å². The van der Waals surface area contributed by atoms with Gasteiger partial charge in [0.25, 0.3) is 0 Å². The first kappa shape index (κ1) is 19.2. The minimum absolute atomic E-state index is 0.0906. The summed E-state index contributed by atoms with van der Waals surface area (Å²) in [6.07, 6.45) is 0.412. The molecule has 26 heavy (non-hydrogen) atoms. The Morgan fingerprint density at radius 1 is 1.23 bits per heavy atom. The highest BCUT2D eigenvalue weighted by molar-refractivity contribution is 8.01. The Labute approximate surface area is 158 Å². The van der Waals surface area contributed by atoms with Crippen LogP contribution in [0.3, 0.4) is 0 Å². The SMILES string of the molecule is CCN(CCO)C(C)OC1(Cc2ccc(F)cc2)Nc2ccccc2S1. The van der Waals surface area contributed by atoms with Gasteiger partial charge in [-0.2, -0.15) is 0 Å². The van der Waals surface area contributed by atoms with Crippen LogP contribution in [0.25, 0.3) is 0 Å². The zero-order chi connectivity index (χ0) is 18.6. The monoisotopic (exact) mass is 376 g/mol. The predicted molar refractivity (Wildman–Crippen MR) is 104 cm³/mol. The molecule has 1 heterocycles. The van der Waals surface area contributed by atoms with E-state index in [-0.39, 0.29) is 18.7 Å². The maximum atomic E-state index is 13.3. The first-order valence-electron chi connectivity index (χ1n) is 8.88. The van der Waals surface area contributed by atoms with Crippen molar-refractivity contribution in [3.05, 3.63) is 59.9 Å². The van der Waals surface area contributed by atoms with Gasteiger partial charge in [-0.3, -0.25) is 4.90 Å². The molecule has 3 rings (SSSR count). The number of anilines is 1. The van der Waals surface area contributed by atoms with Crippen molar-refractivity contribution in [2.75, 3.05) is 25.0 Å². The number of rotatable bonds is 8. The highest BCUT2D eigenvalue weighted by atomic mass is 32.2. The Balaban J connectivity index is 1.84. The van der Waals surface area contributed by atoms with E-state index in [9.17, 15) is 9.50 Å². The summed E-state index contributed by atoms with van der Waals surface area (Å²) in [5.41, 5.74) is 2.04. The molecule has 0 saturated heterocycles. The standard InChI is InChI=1S/C20H25FN2O2S/c1-3-23(12-13-24)15(2)25-20(14-16-8-10-17(21)11-9-16)22-18-6-4-5-7-19(18)26-20/h4-11,15,22,24H,3,12-14H2,1-2H3. The van der Waals surface area contributed by atoms with Crippen molar-refractivity contribution in [3.63, 3.8) is 0 Å². The van der Waals surface area contributed by atoms with Crippen molar-refractivity contribution in [1.82, 2.24) is 4.90 Å². The third-order valence-corrected chi connectivity index (χ3v) is 5.75. The van der Waals surface area contributed by atoms with E-state index in [2.05, 4.69) is 16.3 Å². The van der Waals surface area contributed by atoms with Crippen LogP contribution >= 0.6 is 11.8 Å². The fourth-order valence-electron chi connectivity index (χ4n) is 3.19. The zero-order valence-corrected chi connectivity index (χ0v) is 15.9. The van der Waals surface area contributed by atoms with Gasteiger partial charge in [0.05, 0.1) is 12.3 Å². The highest BCUT2D eigenvalue weighted by Gasteiger charge is 2.41. The summed E-state index contributed by atoms with van der Waals surface area (Å²) in [4.78, 5) is 3.21. The van der Waals surface area contributed by atoms with Gasteiger partial charge >= 0.3 is 0 Å². The van der Waals surface area contributed by atoms with Crippen LogP contribution < -0.4 is 5.32 Å². The summed E-state index contributed by atoms with van der Waals surface area (Å²) < 4.78 is 19.8. The second-order valence-corrected chi connectivity index (χ2v) is 7.65. The molecule has 1 aliphatic heterocycles. The number of aliphatic hydroxyl groups excluding tert-OH is 1. The summed E-state index contributed by atoms with van der Waals surface area (Å²) in [7, 11) is 0. The van der Waals surface area contributed by atoms with E-state index in [0.717, 1.165) is 22.7 Å². The molecule has 0 aromatic heterocycles. The molecule has 2 aromatic rings. The molecule has 0 aliphatic carbocycles. The van der Waals surface area contributed by atoms with Crippen LogP contribution in [0.2, 0.25) is 0 Å². The molecule has 0 saturated carbocycles. The first-order valence-corrected chi connectivity index (χ1v) is 9.70. The second-order valence-electron chi connectivity index (χ2n) is 6.35. The molecule has 6 heteroatoms. The van der Waals surface area contributed by atoms with Crippen LogP contribution in [0.4, 0.5) is 10.1 Å². The van der Waals surface area contributed by atoms with E-state index in [1.165, 1.54) is 12.1 Å². The number of para-hydroxylation sites is 1. The van der Waals surface area contributed by atoms with Crippen LogP contribution in [-0.2, 0) is 11.2 Å². The molecule has 0 spiro atoms. The lowest BCUT2D eigenvalue weighted by Gasteiger charge is -2.37. The molecule has 0 radical (unpaired) electrons. The highest BCUT2D eigenvalue weighted by Crippen LogP contribution is 2.48. The number of hydrogen-bond acceptors (Lipinski definition) is 5. The zero-order valence-electron chi connectivity index (χ0n) is 15.1. The van der Waals surface area contributed by atoms with Gasteiger partial charge in [0.15, 0.2) is 5.06 Å². The smallest absolute Gasteiger partial charge is 0.197 e. The summed E-state index contributed by atoms with van der Waals surface area (Å²) in [6, 6.07) is 14.6. The summed E-state index contributed by atoms with van der Waals surface area (Å²) in [5, 5.41) is 12.1. The van der Waals surface area contributed by atoms with Crippen molar-refractivity contribution in [1.29, 1.82) is 0 Å². The Bertz CT molecular complexity index is 701. The number of ether oxygens (including phenoxy) is 1. The van der Waals surface area contributed by atoms with Gasteiger partial charge in [-0.15, -0.1) is 0 Å². The lowest BCUT2D eigenvalue weighted by molar-refractivity contribution is -0.0948. The third-order valence-electron chi connectivity index (χ3n) is 4.51. The first-order chi connectivity index (χ1) is 12.5. The van der Waals surface area contributed by atoms with E-state index >= 15 is 0 Å². The van der Waals surface area contributed by atoms with Crippen molar-refractivity contribution < 1.29 is 14.2 Å². The van der Waals surface area contributed by atoms with E-state index in [1.807, 2.05) is 32.0 Å². The number of nitrogens with one attached hydrogen (secondary N) is 1. The maximum Gasteiger partial charge on any atom is 0.197 e. The number of benzene rings is 2. The fraction of sp³-hybridized carbons (Fsp3) is 0.400. The summed E-state index contributed by atoms with van der Waals surface area (Å²) in [5.74, 6) is -0.243. The molecule has 2 N–H and O–H groups in total. The second kappa shape index (κ2) is 8.39. The number of likely N-dealkylation sites (N-methyl/N-ethyl adjacent to an activating group) is 1. The largest absolute Gasteiger partial charge is 0.395 e. The quantitative estimate of drug-likeness (QED) is 0.684. The molecule has 1 aliphatic rings. The van der Waals surface area contributed by atoms with Crippen molar-refractivity contribution >= 4 is 17.4 Å². The summed E-state index contributed by atoms with van der Waals surface area (Å²) in [6.45, 7) is 5.48. The maximum absolute atomic E-state index is 13.3. The number of fused-ring (bicyclic) bond motifs is 1. The molecule has 2 atom stereocenters. The van der Waals surface area contributed by atoms with E-state index < -0.39 is 5.06 Å². The van der Waals surface area contributed by atoms with E-state index in [0.29, 0.717) is 13.0 Å². The minimum Gasteiger partial charge on any atom is -0.395 e. The van der Waals surface area contributed by atoms with Crippen molar-refractivity contribution in [3.8, 4) is 0 Å². The molecule has 2 unspecified atom stereocenters. The minimum atomic E-state index is -0.677. The van der Waals surface area contributed by atoms with Crippen LogP contribution in [-0.4, -0.2) is 41.0 Å². The molecular formula is C20H25FN2O2S. The van der Waals surface area contributed by atoms with Gasteiger partial charge in [0, 0.05) is 17.9 Å². The van der Waals surface area contributed by atoms with Crippen molar-refractivity contribution in [2.24, 2.45) is 0 Å². The number of halogens is 1. The topological polar surface area (TPSA) is 44.7 Å². The lowest BCUT2D eigenvalue weighted by atomic mass is 10.1. The van der Waals surface area contributed by atoms with Crippen LogP contribution in [0.5, 0.6) is 0 Å². The predicted octanol–water partition coefficient (Wildman–Crippen LogP) is 3.92. The molecular weight excluding hydrogens is 351 g/mol. The molecule has 0 bridgehead atoms. The Morgan fingerprint density at radius 2 is 1.96 bits per heavy atom. The van der Waals surface area contributed by atoms with Gasteiger partial charge in [0.1, 0.15) is 12.0 Å². The Morgan fingerprint density at radius 3 is 2.62 bits per heavy atom. The normalized spacial score (nSPS) is 20.0. The van der Waals surface area contributed by atoms with Gasteiger partial charge in [0.2, 0.25) is 0 Å². The number of aliphatic hydroxyl groups is 1. The number of nitrogens with zero attached hydrogens (tertiary/aromatic N) is 1. The van der Waals surface area contributed by atoms with Gasteiger partial charge in [-0.25, -0.2) is 4.39 Å². The number of hydrogen-bond donors (Lipinski definition) is 2. The van der Waals surface area contributed by atoms with Crippen LogP contribution in [0, 0.1) is 5.82 Å². The van der Waals surface area contributed by atoms with Crippen LogP contribution in [0.15, 0.2) is 53.4 Å². The average Bonchev–Trinajstić information content (AvgIpc) is 2.99. The molecule has 2 aromatic carbocycles. The van der Waals surface area contributed by atoms with E-state index in [1.54, 1.807) is 23.9 Å². The Kier molecular flexibility index (Phi) is 6.19. The van der Waals surface area contributed by atoms with Crippen LogP contribution in [0.1, 0.15) is 19.4 Å². The average molecular weight is 376 g/mol. The Hall–Kier alpha value is -1.60. The molecule has 0 amide bonds. The lowest BCUT2D eigenvalue weighted by Crippen LogP contribution is -2.46. The van der Waals surface area contributed by atoms with Gasteiger partial charge < -0.3 is 15.2 Å². The third kappa shape index (κ3) is 4.38. The molecule has 0 fully saturated rings. The molecule has 4 nitrogen and oxygen atoms in total. The van der Waals surface area contributed by atoms with Gasteiger partial charge in [-0.05, 0) is 43.3 Å². The van der Waals surface area contributed by atoms with Gasteiger partial charge in [-0.1, -0.05) is 43.0 Å². The number of thioether (sulfide) groups is 1. The summed E-state index contributed by atoms with van der Waals surface area (Å²) >= 11 is 1.64. The molecule has 140 valence electrons. The fourth-order valence-corrected chi connectivity index (χ4v) is 4.51.